The molecule has 5 rings (SSSR count). The number of aromatic nitrogens is 2. The maximum absolute atomic E-state index is 10.7. The molecule has 37 heavy (non-hydrogen) atoms. The van der Waals surface area contributed by atoms with Crippen LogP contribution in [0.25, 0.3) is 5.69 Å². The summed E-state index contributed by atoms with van der Waals surface area (Å²) in [6.45, 7) is 3.86. The van der Waals surface area contributed by atoms with Gasteiger partial charge in [-0.05, 0) is 61.0 Å². The van der Waals surface area contributed by atoms with Gasteiger partial charge in [0.1, 0.15) is 0 Å². The minimum Gasteiger partial charge on any atom is -0.391 e. The Bertz CT molecular complexity index is 1320. The molecule has 1 aliphatic heterocycles. The van der Waals surface area contributed by atoms with Crippen molar-refractivity contribution in [1.82, 2.24) is 19.6 Å². The molecule has 2 heterocycles. The topological polar surface area (TPSA) is 44.5 Å². The van der Waals surface area contributed by atoms with Crippen LogP contribution in [0.4, 0.5) is 0 Å². The standard InChI is InChI=1S/C30H32Cl2N4O/c1-34(19-27(37)17-22-6-3-2-4-7-22)21-29-28-20-35(18-23-8-5-9-25(32)16-23)15-14-30(28)36(33-29)26-12-10-24(31)11-13-26/h2-13,16,27,37H,14-15,17-21H2,1H3. The second kappa shape index (κ2) is 11.8. The summed E-state index contributed by atoms with van der Waals surface area (Å²) in [6, 6.07) is 26.1. The number of nitrogens with zero attached hydrogens (tertiary/aromatic N) is 4. The molecule has 0 bridgehead atoms. The molecule has 0 fully saturated rings. The van der Waals surface area contributed by atoms with Gasteiger partial charge in [0.15, 0.2) is 0 Å². The first-order valence-corrected chi connectivity index (χ1v) is 13.4. The molecule has 4 aromatic rings. The van der Waals surface area contributed by atoms with E-state index in [1.54, 1.807) is 0 Å². The lowest BCUT2D eigenvalue weighted by Gasteiger charge is -2.28. The van der Waals surface area contributed by atoms with Crippen LogP contribution in [0.3, 0.4) is 0 Å². The van der Waals surface area contributed by atoms with Crippen molar-refractivity contribution in [3.8, 4) is 5.69 Å². The molecule has 7 heteroatoms. The Morgan fingerprint density at radius 2 is 1.70 bits per heavy atom. The second-order valence-electron chi connectivity index (χ2n) is 9.89. The van der Waals surface area contributed by atoms with E-state index < -0.39 is 6.10 Å². The largest absolute Gasteiger partial charge is 0.391 e. The Hall–Kier alpha value is -2.67. The van der Waals surface area contributed by atoms with Crippen molar-refractivity contribution in [3.63, 3.8) is 0 Å². The van der Waals surface area contributed by atoms with Crippen molar-refractivity contribution >= 4 is 23.2 Å². The van der Waals surface area contributed by atoms with Crippen LogP contribution in [0.5, 0.6) is 0 Å². The maximum atomic E-state index is 10.7. The summed E-state index contributed by atoms with van der Waals surface area (Å²) in [5.41, 5.74) is 6.94. The van der Waals surface area contributed by atoms with Crippen molar-refractivity contribution in [1.29, 1.82) is 0 Å². The van der Waals surface area contributed by atoms with E-state index >= 15 is 0 Å². The summed E-state index contributed by atoms with van der Waals surface area (Å²) in [5.74, 6) is 0. The van der Waals surface area contributed by atoms with E-state index in [2.05, 4.69) is 39.7 Å². The molecule has 1 aliphatic rings. The molecule has 0 radical (unpaired) electrons. The Balaban J connectivity index is 1.36. The molecule has 1 atom stereocenters. The van der Waals surface area contributed by atoms with Crippen LogP contribution in [0, 0.1) is 0 Å². The zero-order valence-electron chi connectivity index (χ0n) is 21.0. The van der Waals surface area contributed by atoms with Gasteiger partial charge in [0.05, 0.1) is 23.2 Å². The molecule has 192 valence electrons. The number of halogens is 2. The Labute approximate surface area is 228 Å². The Morgan fingerprint density at radius 3 is 2.46 bits per heavy atom. The highest BCUT2D eigenvalue weighted by atomic mass is 35.5. The van der Waals surface area contributed by atoms with E-state index in [1.165, 1.54) is 16.8 Å². The Morgan fingerprint density at radius 1 is 0.946 bits per heavy atom. The van der Waals surface area contributed by atoms with Crippen molar-refractivity contribution in [2.24, 2.45) is 0 Å². The van der Waals surface area contributed by atoms with Crippen LogP contribution in [-0.2, 0) is 32.5 Å². The molecule has 0 aliphatic carbocycles. The first kappa shape index (κ1) is 26.0. The summed E-state index contributed by atoms with van der Waals surface area (Å²) >= 11 is 12.4. The van der Waals surface area contributed by atoms with E-state index in [-0.39, 0.29) is 0 Å². The third-order valence-electron chi connectivity index (χ3n) is 6.84. The van der Waals surface area contributed by atoms with Crippen molar-refractivity contribution < 1.29 is 5.11 Å². The summed E-state index contributed by atoms with van der Waals surface area (Å²) in [4.78, 5) is 4.62. The first-order valence-electron chi connectivity index (χ1n) is 12.7. The molecule has 0 saturated heterocycles. The molecule has 1 aromatic heterocycles. The number of fused-ring (bicyclic) bond motifs is 1. The zero-order chi connectivity index (χ0) is 25.8. The normalized spacial score (nSPS) is 14.6. The average Bonchev–Trinajstić information content (AvgIpc) is 3.22. The third kappa shape index (κ3) is 6.61. The van der Waals surface area contributed by atoms with E-state index in [0.29, 0.717) is 24.5 Å². The minimum atomic E-state index is -0.444. The van der Waals surface area contributed by atoms with Crippen LogP contribution >= 0.6 is 23.2 Å². The highest BCUT2D eigenvalue weighted by molar-refractivity contribution is 6.30. The molecule has 3 aromatic carbocycles. The minimum absolute atomic E-state index is 0.444. The van der Waals surface area contributed by atoms with Crippen LogP contribution in [-0.4, -0.2) is 50.9 Å². The number of likely N-dealkylation sites (N-methyl/N-ethyl adjacent to an activating group) is 1. The fraction of sp³-hybridized carbons (Fsp3) is 0.300. The van der Waals surface area contributed by atoms with E-state index in [0.717, 1.165) is 48.0 Å². The molecule has 1 N–H and O–H groups in total. The summed E-state index contributed by atoms with van der Waals surface area (Å²) in [5, 5.41) is 17.3. The fourth-order valence-corrected chi connectivity index (χ4v) is 5.46. The number of aliphatic hydroxyl groups excluding tert-OH is 1. The summed E-state index contributed by atoms with van der Waals surface area (Å²) in [7, 11) is 2.05. The molecule has 0 spiro atoms. The monoisotopic (exact) mass is 534 g/mol. The lowest BCUT2D eigenvalue weighted by Crippen LogP contribution is -2.32. The number of benzene rings is 3. The van der Waals surface area contributed by atoms with Crippen molar-refractivity contribution in [2.45, 2.75) is 38.6 Å². The second-order valence-corrected chi connectivity index (χ2v) is 10.8. The van der Waals surface area contributed by atoms with Crippen LogP contribution in [0.2, 0.25) is 10.0 Å². The van der Waals surface area contributed by atoms with E-state index in [4.69, 9.17) is 28.3 Å². The van der Waals surface area contributed by atoms with Crippen LogP contribution < -0.4 is 0 Å². The van der Waals surface area contributed by atoms with Gasteiger partial charge in [-0.2, -0.15) is 5.10 Å². The van der Waals surface area contributed by atoms with Gasteiger partial charge in [-0.1, -0.05) is 65.7 Å². The lowest BCUT2D eigenvalue weighted by molar-refractivity contribution is 0.122. The molecule has 0 saturated carbocycles. The number of hydrogen-bond donors (Lipinski definition) is 1. The van der Waals surface area contributed by atoms with E-state index in [9.17, 15) is 5.11 Å². The van der Waals surface area contributed by atoms with Gasteiger partial charge in [0, 0.05) is 54.8 Å². The number of aliphatic hydroxyl groups is 1. The maximum Gasteiger partial charge on any atom is 0.0817 e. The zero-order valence-corrected chi connectivity index (χ0v) is 22.5. The predicted molar refractivity (Wildman–Crippen MR) is 150 cm³/mol. The van der Waals surface area contributed by atoms with Gasteiger partial charge >= 0.3 is 0 Å². The van der Waals surface area contributed by atoms with Gasteiger partial charge in [-0.25, -0.2) is 4.68 Å². The van der Waals surface area contributed by atoms with Gasteiger partial charge in [-0.3, -0.25) is 9.80 Å². The quantitative estimate of drug-likeness (QED) is 0.296. The average molecular weight is 536 g/mol. The van der Waals surface area contributed by atoms with Gasteiger partial charge in [0.2, 0.25) is 0 Å². The molecular formula is C30H32Cl2N4O. The fourth-order valence-electron chi connectivity index (χ4n) is 5.12. The third-order valence-corrected chi connectivity index (χ3v) is 7.33. The highest BCUT2D eigenvalue weighted by Crippen LogP contribution is 2.28. The first-order chi connectivity index (χ1) is 17.9. The smallest absolute Gasteiger partial charge is 0.0817 e. The van der Waals surface area contributed by atoms with E-state index in [1.807, 2.05) is 60.7 Å². The van der Waals surface area contributed by atoms with Gasteiger partial charge in [-0.15, -0.1) is 0 Å². The molecule has 0 amide bonds. The summed E-state index contributed by atoms with van der Waals surface area (Å²) < 4.78 is 2.08. The number of hydrogen-bond acceptors (Lipinski definition) is 4. The van der Waals surface area contributed by atoms with Gasteiger partial charge in [0.25, 0.3) is 0 Å². The molecule has 1 unspecified atom stereocenters. The molecular weight excluding hydrogens is 503 g/mol. The summed E-state index contributed by atoms with van der Waals surface area (Å²) in [6.07, 6.45) is 1.10. The van der Waals surface area contributed by atoms with Crippen LogP contribution in [0.1, 0.15) is 28.1 Å². The highest BCUT2D eigenvalue weighted by Gasteiger charge is 2.26. The van der Waals surface area contributed by atoms with Crippen molar-refractivity contribution in [3.05, 3.63) is 117 Å². The SMILES string of the molecule is CN(Cc1nn(-c2ccc(Cl)cc2)c2c1CN(Cc1cccc(Cl)c1)CC2)CC(O)Cc1ccccc1. The predicted octanol–water partition coefficient (Wildman–Crippen LogP) is 5.77. The molecule has 5 nitrogen and oxygen atoms in total. The van der Waals surface area contributed by atoms with Crippen LogP contribution in [0.15, 0.2) is 78.9 Å². The number of rotatable bonds is 9. The van der Waals surface area contributed by atoms with Gasteiger partial charge < -0.3 is 5.11 Å². The lowest BCUT2D eigenvalue weighted by atomic mass is 10.0. The Kier molecular flexibility index (Phi) is 8.28. The van der Waals surface area contributed by atoms with Crippen molar-refractivity contribution in [2.75, 3.05) is 20.1 Å².